The highest BCUT2D eigenvalue weighted by atomic mass is 35.5. The molecule has 0 saturated carbocycles. The molecule has 18 heavy (non-hydrogen) atoms. The highest BCUT2D eigenvalue weighted by Crippen LogP contribution is 2.34. The molecule has 4 heteroatoms. The van der Waals surface area contributed by atoms with Crippen molar-refractivity contribution in [1.29, 1.82) is 0 Å². The number of allylic oxidation sites excluding steroid dienone is 6. The molecule has 2 aliphatic carbocycles. The van der Waals surface area contributed by atoms with Crippen molar-refractivity contribution in [3.05, 3.63) is 57.6 Å². The summed E-state index contributed by atoms with van der Waals surface area (Å²) in [5, 5.41) is 0.736. The summed E-state index contributed by atoms with van der Waals surface area (Å²) in [7, 11) is 0. The van der Waals surface area contributed by atoms with Crippen LogP contribution in [0.3, 0.4) is 0 Å². The molecule has 2 aliphatic rings. The molecule has 2 nitrogen and oxygen atoms in total. The fraction of sp³-hybridized carbons (Fsp3) is 0.286. The van der Waals surface area contributed by atoms with E-state index in [9.17, 15) is 0 Å². The van der Waals surface area contributed by atoms with Crippen LogP contribution in [0.2, 0.25) is 10.4 Å². The monoisotopic (exact) mass is 277 g/mol. The minimum Gasteiger partial charge on any atom is -0.223 e. The van der Waals surface area contributed by atoms with Crippen LogP contribution < -0.4 is 0 Å². The van der Waals surface area contributed by atoms with Crippen molar-refractivity contribution < 1.29 is 0 Å². The lowest BCUT2D eigenvalue weighted by Gasteiger charge is -2.22. The van der Waals surface area contributed by atoms with Crippen LogP contribution in [0.15, 0.2) is 29.9 Å². The number of hydrogen-bond acceptors (Lipinski definition) is 2. The molecule has 0 radical (unpaired) electrons. The molecule has 0 amide bonds. The van der Waals surface area contributed by atoms with Crippen molar-refractivity contribution in [3.8, 4) is 0 Å². The number of nitrogens with zero attached hydrogens (tertiary/aromatic N) is 2. The van der Waals surface area contributed by atoms with Gasteiger partial charge in [-0.05, 0) is 30.9 Å². The summed E-state index contributed by atoms with van der Waals surface area (Å²) in [6, 6.07) is 0. The second kappa shape index (κ2) is 4.81. The van der Waals surface area contributed by atoms with Crippen LogP contribution >= 0.6 is 23.2 Å². The Morgan fingerprint density at radius 2 is 2.17 bits per heavy atom. The minimum atomic E-state index is 0.241. The first-order valence-electron chi connectivity index (χ1n) is 5.91. The molecule has 0 aromatic carbocycles. The molecule has 0 fully saturated rings. The van der Waals surface area contributed by atoms with Crippen molar-refractivity contribution in [3.63, 3.8) is 0 Å². The maximum absolute atomic E-state index is 6.16. The Labute approximate surface area is 116 Å². The summed E-state index contributed by atoms with van der Waals surface area (Å²) in [4.78, 5) is 8.29. The molecule has 3 rings (SSSR count). The topological polar surface area (TPSA) is 25.8 Å². The maximum atomic E-state index is 6.16. The molecular weight excluding hydrogens is 267 g/mol. The number of hydrogen-bond donors (Lipinski definition) is 0. The Bertz CT molecular complexity index is 573. The third-order valence-corrected chi connectivity index (χ3v) is 3.88. The Balaban J connectivity index is 1.91. The van der Waals surface area contributed by atoms with E-state index in [1.807, 2.05) is 18.2 Å². The summed E-state index contributed by atoms with van der Waals surface area (Å²) in [6.07, 6.45) is 14.1. The van der Waals surface area contributed by atoms with Crippen LogP contribution in [0.1, 0.15) is 17.7 Å². The maximum Gasteiger partial charge on any atom is 0.224 e. The van der Waals surface area contributed by atoms with Crippen molar-refractivity contribution in [2.75, 3.05) is 0 Å². The molecule has 1 aromatic heterocycles. The van der Waals surface area contributed by atoms with E-state index < -0.39 is 0 Å². The first kappa shape index (κ1) is 11.9. The Hall–Kier alpha value is -1.21. The van der Waals surface area contributed by atoms with Crippen LogP contribution in [0.25, 0.3) is 0 Å². The number of aryl methyl sites for hydroxylation is 1. The molecule has 1 aromatic rings. The van der Waals surface area contributed by atoms with Crippen LogP contribution in [0.4, 0.5) is 0 Å². The van der Waals surface area contributed by atoms with E-state index in [2.05, 4.69) is 22.1 Å². The number of halogens is 2. The standard InChI is InChI=1S/C14H11Cl2N2/c15-13-11-8-10(9-4-2-1-3-5-9)6-7-12(11)17-14(16)18-13/h1-2,4-5,10H,6-8H2/q+1/t10-/m1/s1. The summed E-state index contributed by atoms with van der Waals surface area (Å²) in [5.41, 5.74) is 3.34. The first-order valence-corrected chi connectivity index (χ1v) is 6.66. The second-order valence-corrected chi connectivity index (χ2v) is 5.18. The van der Waals surface area contributed by atoms with Crippen molar-refractivity contribution in [1.82, 2.24) is 9.97 Å². The largest absolute Gasteiger partial charge is 0.224 e. The number of rotatable bonds is 1. The van der Waals surface area contributed by atoms with E-state index in [0.717, 1.165) is 30.5 Å². The lowest BCUT2D eigenvalue weighted by atomic mass is 9.81. The quantitative estimate of drug-likeness (QED) is 0.444. The minimum absolute atomic E-state index is 0.241. The SMILES string of the molecule is Clc1nc(Cl)c2c(n1)CC[C@@H](C1=CC=C[C+]=C1)C2. The van der Waals surface area contributed by atoms with Gasteiger partial charge in [0.05, 0.1) is 17.3 Å². The van der Waals surface area contributed by atoms with Gasteiger partial charge in [-0.3, -0.25) is 0 Å². The smallest absolute Gasteiger partial charge is 0.223 e. The Kier molecular flexibility index (Phi) is 3.17. The molecule has 0 aliphatic heterocycles. The predicted molar refractivity (Wildman–Crippen MR) is 72.6 cm³/mol. The molecule has 0 saturated heterocycles. The predicted octanol–water partition coefficient (Wildman–Crippen LogP) is 3.74. The fourth-order valence-corrected chi connectivity index (χ4v) is 2.98. The van der Waals surface area contributed by atoms with E-state index in [1.165, 1.54) is 5.57 Å². The summed E-state index contributed by atoms with van der Waals surface area (Å²) < 4.78 is 0. The molecule has 1 heterocycles. The van der Waals surface area contributed by atoms with E-state index in [1.54, 1.807) is 0 Å². The van der Waals surface area contributed by atoms with Gasteiger partial charge in [0.15, 0.2) is 0 Å². The molecular formula is C14H11Cl2N2+. The van der Waals surface area contributed by atoms with Gasteiger partial charge in [-0.1, -0.05) is 11.6 Å². The molecule has 0 N–H and O–H groups in total. The van der Waals surface area contributed by atoms with Gasteiger partial charge in [-0.15, -0.1) is 0 Å². The van der Waals surface area contributed by atoms with Gasteiger partial charge in [0, 0.05) is 23.6 Å². The zero-order chi connectivity index (χ0) is 12.5. The van der Waals surface area contributed by atoms with Gasteiger partial charge in [-0.25, -0.2) is 9.97 Å². The van der Waals surface area contributed by atoms with Crippen LogP contribution in [-0.4, -0.2) is 9.97 Å². The van der Waals surface area contributed by atoms with E-state index in [4.69, 9.17) is 23.2 Å². The van der Waals surface area contributed by atoms with Gasteiger partial charge >= 0.3 is 0 Å². The third-order valence-electron chi connectivity index (χ3n) is 3.40. The van der Waals surface area contributed by atoms with Gasteiger partial charge in [0.25, 0.3) is 0 Å². The molecule has 1 atom stereocenters. The van der Waals surface area contributed by atoms with Crippen molar-refractivity contribution in [2.45, 2.75) is 19.3 Å². The summed E-state index contributed by atoms with van der Waals surface area (Å²) >= 11 is 12.0. The zero-order valence-electron chi connectivity index (χ0n) is 9.66. The third kappa shape index (κ3) is 2.20. The molecule has 0 bridgehead atoms. The first-order chi connectivity index (χ1) is 8.74. The van der Waals surface area contributed by atoms with E-state index in [-0.39, 0.29) is 5.28 Å². The molecule has 0 spiro atoms. The lowest BCUT2D eigenvalue weighted by molar-refractivity contribution is 0.523. The van der Waals surface area contributed by atoms with Gasteiger partial charge in [0.2, 0.25) is 5.28 Å². The van der Waals surface area contributed by atoms with Gasteiger partial charge in [0.1, 0.15) is 17.3 Å². The average molecular weight is 278 g/mol. The van der Waals surface area contributed by atoms with Crippen molar-refractivity contribution >= 4 is 23.2 Å². The summed E-state index contributed by atoms with van der Waals surface area (Å²) in [5.74, 6) is 0.470. The van der Waals surface area contributed by atoms with Gasteiger partial charge < -0.3 is 0 Å². The Morgan fingerprint density at radius 3 is 2.94 bits per heavy atom. The molecule has 90 valence electrons. The normalized spacial score (nSPS) is 21.2. The van der Waals surface area contributed by atoms with Crippen LogP contribution in [0.5, 0.6) is 0 Å². The average Bonchev–Trinajstić information content (AvgIpc) is 2.39. The zero-order valence-corrected chi connectivity index (χ0v) is 11.2. The number of fused-ring (bicyclic) bond motifs is 1. The lowest BCUT2D eigenvalue weighted by Crippen LogP contribution is -2.18. The highest BCUT2D eigenvalue weighted by Gasteiger charge is 2.27. The van der Waals surface area contributed by atoms with E-state index >= 15 is 0 Å². The van der Waals surface area contributed by atoms with E-state index in [0.29, 0.717) is 11.1 Å². The summed E-state index contributed by atoms with van der Waals surface area (Å²) in [6.45, 7) is 0. The fourth-order valence-electron chi connectivity index (χ4n) is 2.49. The molecule has 0 unspecified atom stereocenters. The second-order valence-electron chi connectivity index (χ2n) is 4.49. The van der Waals surface area contributed by atoms with Gasteiger partial charge in [-0.2, -0.15) is 0 Å². The number of aromatic nitrogens is 2. The highest BCUT2D eigenvalue weighted by molar-refractivity contribution is 6.32. The Morgan fingerprint density at radius 1 is 1.28 bits per heavy atom. The van der Waals surface area contributed by atoms with Crippen molar-refractivity contribution in [2.24, 2.45) is 5.92 Å². The van der Waals surface area contributed by atoms with Crippen LogP contribution in [0, 0.1) is 12.0 Å². The van der Waals surface area contributed by atoms with Crippen LogP contribution in [-0.2, 0) is 12.8 Å².